The van der Waals surface area contributed by atoms with Gasteiger partial charge in [-0.15, -0.1) is 0 Å². The number of hydrogen-bond donors (Lipinski definition) is 2. The number of imidazole rings is 1. The Labute approximate surface area is 138 Å². The maximum absolute atomic E-state index is 9.70. The predicted molar refractivity (Wildman–Crippen MR) is 91.7 cm³/mol. The molecule has 4 aromatic rings. The van der Waals surface area contributed by atoms with E-state index in [1.807, 2.05) is 41.1 Å². The number of phenols is 1. The van der Waals surface area contributed by atoms with Gasteiger partial charge in [-0.1, -0.05) is 18.2 Å². The number of benzene rings is 1. The SMILES string of the molecule is Oc1cccc(-c2cn3ccnc3c(NCc3ccccn3)n2)c1. The Morgan fingerprint density at radius 1 is 1.04 bits per heavy atom. The van der Waals surface area contributed by atoms with Crippen LogP contribution in [0, 0.1) is 0 Å². The molecule has 3 aromatic heterocycles. The van der Waals surface area contributed by atoms with Gasteiger partial charge in [0.2, 0.25) is 0 Å². The molecular weight excluding hydrogens is 302 g/mol. The average molecular weight is 317 g/mol. The minimum atomic E-state index is 0.211. The van der Waals surface area contributed by atoms with Crippen LogP contribution in [0.4, 0.5) is 5.82 Å². The van der Waals surface area contributed by atoms with Crippen molar-refractivity contribution in [3.8, 4) is 17.0 Å². The van der Waals surface area contributed by atoms with Crippen LogP contribution in [0.5, 0.6) is 5.75 Å². The number of aromatic nitrogens is 4. The zero-order valence-electron chi connectivity index (χ0n) is 12.8. The number of rotatable bonds is 4. The second kappa shape index (κ2) is 6.00. The molecule has 0 aliphatic heterocycles. The van der Waals surface area contributed by atoms with Crippen LogP contribution >= 0.6 is 0 Å². The summed E-state index contributed by atoms with van der Waals surface area (Å²) in [6, 6.07) is 12.8. The van der Waals surface area contributed by atoms with Crippen molar-refractivity contribution >= 4 is 11.5 Å². The van der Waals surface area contributed by atoms with Gasteiger partial charge in [0, 0.05) is 30.4 Å². The molecule has 6 nitrogen and oxygen atoms in total. The van der Waals surface area contributed by atoms with Gasteiger partial charge in [-0.3, -0.25) is 4.98 Å². The van der Waals surface area contributed by atoms with Gasteiger partial charge in [-0.25, -0.2) is 9.97 Å². The van der Waals surface area contributed by atoms with Gasteiger partial charge in [0.05, 0.1) is 17.9 Å². The Morgan fingerprint density at radius 2 is 2.00 bits per heavy atom. The van der Waals surface area contributed by atoms with E-state index in [1.54, 1.807) is 30.6 Å². The topological polar surface area (TPSA) is 75.3 Å². The van der Waals surface area contributed by atoms with Gasteiger partial charge in [0.1, 0.15) is 5.75 Å². The summed E-state index contributed by atoms with van der Waals surface area (Å²) in [4.78, 5) is 13.3. The molecule has 0 unspecified atom stereocenters. The molecule has 4 rings (SSSR count). The molecule has 0 spiro atoms. The summed E-state index contributed by atoms with van der Waals surface area (Å²) in [7, 11) is 0. The molecule has 3 heterocycles. The second-order valence-electron chi connectivity index (χ2n) is 5.36. The van der Waals surface area contributed by atoms with E-state index in [1.165, 1.54) is 0 Å². The lowest BCUT2D eigenvalue weighted by molar-refractivity contribution is 0.475. The molecule has 6 heteroatoms. The first-order valence-electron chi connectivity index (χ1n) is 7.56. The summed E-state index contributed by atoms with van der Waals surface area (Å²) in [5.41, 5.74) is 3.26. The highest BCUT2D eigenvalue weighted by molar-refractivity contribution is 5.69. The number of nitrogens with zero attached hydrogens (tertiary/aromatic N) is 4. The van der Waals surface area contributed by atoms with Crippen LogP contribution in [0.25, 0.3) is 16.9 Å². The van der Waals surface area contributed by atoms with Crippen molar-refractivity contribution in [2.75, 3.05) is 5.32 Å². The Morgan fingerprint density at radius 3 is 2.83 bits per heavy atom. The molecule has 0 saturated carbocycles. The highest BCUT2D eigenvalue weighted by Gasteiger charge is 2.09. The summed E-state index contributed by atoms with van der Waals surface area (Å²) < 4.78 is 1.91. The van der Waals surface area contributed by atoms with Crippen LogP contribution in [0.1, 0.15) is 5.69 Å². The van der Waals surface area contributed by atoms with E-state index in [4.69, 9.17) is 0 Å². The lowest BCUT2D eigenvalue weighted by Crippen LogP contribution is -2.06. The van der Waals surface area contributed by atoms with Crippen LogP contribution in [0.2, 0.25) is 0 Å². The molecule has 1 aromatic carbocycles. The normalized spacial score (nSPS) is 10.8. The van der Waals surface area contributed by atoms with Crippen molar-refractivity contribution in [3.63, 3.8) is 0 Å². The number of fused-ring (bicyclic) bond motifs is 1. The highest BCUT2D eigenvalue weighted by atomic mass is 16.3. The zero-order chi connectivity index (χ0) is 16.4. The Bertz CT molecular complexity index is 981. The number of hydrogen-bond acceptors (Lipinski definition) is 5. The lowest BCUT2D eigenvalue weighted by atomic mass is 10.1. The van der Waals surface area contributed by atoms with Crippen LogP contribution < -0.4 is 5.32 Å². The summed E-state index contributed by atoms with van der Waals surface area (Å²) in [5, 5.41) is 13.0. The fourth-order valence-electron chi connectivity index (χ4n) is 2.53. The van der Waals surface area contributed by atoms with Gasteiger partial charge >= 0.3 is 0 Å². The lowest BCUT2D eigenvalue weighted by Gasteiger charge is -2.10. The Hall–Kier alpha value is -3.41. The highest BCUT2D eigenvalue weighted by Crippen LogP contribution is 2.24. The molecule has 0 saturated heterocycles. The van der Waals surface area contributed by atoms with Crippen molar-refractivity contribution in [2.45, 2.75) is 6.54 Å². The summed E-state index contributed by atoms with van der Waals surface area (Å²) in [6.07, 6.45) is 7.26. The Kier molecular flexibility index (Phi) is 3.55. The number of aromatic hydroxyl groups is 1. The smallest absolute Gasteiger partial charge is 0.180 e. The second-order valence-corrected chi connectivity index (χ2v) is 5.36. The predicted octanol–water partition coefficient (Wildman–Crippen LogP) is 3.11. The van der Waals surface area contributed by atoms with Crippen LogP contribution in [0.3, 0.4) is 0 Å². The summed E-state index contributed by atoms with van der Waals surface area (Å²) in [6.45, 7) is 0.555. The minimum absolute atomic E-state index is 0.211. The van der Waals surface area contributed by atoms with Gasteiger partial charge in [0.25, 0.3) is 0 Å². The third kappa shape index (κ3) is 2.77. The molecule has 0 fully saturated rings. The van der Waals surface area contributed by atoms with E-state index in [2.05, 4.69) is 20.3 Å². The molecule has 0 bridgehead atoms. The van der Waals surface area contributed by atoms with Gasteiger partial charge in [0.15, 0.2) is 11.5 Å². The maximum atomic E-state index is 9.70. The fraction of sp³-hybridized carbons (Fsp3) is 0.0556. The standard InChI is InChI=1S/C18H15N5O/c24-15-6-3-4-13(10-15)16-12-23-9-8-20-18(23)17(22-16)21-11-14-5-1-2-7-19-14/h1-10,12,24H,11H2,(H,21,22). The van der Waals surface area contributed by atoms with Crippen molar-refractivity contribution in [1.29, 1.82) is 0 Å². The zero-order valence-corrected chi connectivity index (χ0v) is 12.8. The van der Waals surface area contributed by atoms with Crippen molar-refractivity contribution in [3.05, 3.63) is 72.9 Å². The molecule has 0 aliphatic rings. The van der Waals surface area contributed by atoms with Gasteiger partial charge in [-0.2, -0.15) is 0 Å². The number of phenolic OH excluding ortho intramolecular Hbond substituents is 1. The van der Waals surface area contributed by atoms with Gasteiger partial charge in [-0.05, 0) is 24.3 Å². The largest absolute Gasteiger partial charge is 0.508 e. The first-order valence-corrected chi connectivity index (χ1v) is 7.56. The van der Waals surface area contributed by atoms with Crippen molar-refractivity contribution < 1.29 is 5.11 Å². The first kappa shape index (κ1) is 14.2. The van der Waals surface area contributed by atoms with Gasteiger partial charge < -0.3 is 14.8 Å². The first-order chi connectivity index (χ1) is 11.8. The third-order valence-electron chi connectivity index (χ3n) is 3.68. The van der Waals surface area contributed by atoms with E-state index in [-0.39, 0.29) is 5.75 Å². The monoisotopic (exact) mass is 317 g/mol. The van der Waals surface area contributed by atoms with Crippen molar-refractivity contribution in [1.82, 2.24) is 19.4 Å². The van der Waals surface area contributed by atoms with Crippen LogP contribution in [-0.4, -0.2) is 24.5 Å². The molecule has 0 amide bonds. The van der Waals surface area contributed by atoms with E-state index in [9.17, 15) is 5.11 Å². The summed E-state index contributed by atoms with van der Waals surface area (Å²) in [5.74, 6) is 0.884. The fourth-order valence-corrected chi connectivity index (χ4v) is 2.53. The van der Waals surface area contributed by atoms with E-state index < -0.39 is 0 Å². The van der Waals surface area contributed by atoms with Crippen LogP contribution in [-0.2, 0) is 6.54 Å². The number of anilines is 1. The molecule has 118 valence electrons. The molecular formula is C18H15N5O. The molecule has 0 radical (unpaired) electrons. The maximum Gasteiger partial charge on any atom is 0.180 e. The number of nitrogens with one attached hydrogen (secondary N) is 1. The molecule has 24 heavy (non-hydrogen) atoms. The van der Waals surface area contributed by atoms with E-state index >= 15 is 0 Å². The molecule has 2 N–H and O–H groups in total. The molecule has 0 atom stereocenters. The van der Waals surface area contributed by atoms with Crippen LogP contribution in [0.15, 0.2) is 67.3 Å². The number of pyridine rings is 1. The third-order valence-corrected chi connectivity index (χ3v) is 3.68. The average Bonchev–Trinajstić information content (AvgIpc) is 3.09. The molecule has 0 aliphatic carbocycles. The van der Waals surface area contributed by atoms with E-state index in [0.29, 0.717) is 12.4 Å². The summed E-state index contributed by atoms with van der Waals surface area (Å²) >= 11 is 0. The minimum Gasteiger partial charge on any atom is -0.508 e. The Balaban J connectivity index is 1.72. The quantitative estimate of drug-likeness (QED) is 0.605. The van der Waals surface area contributed by atoms with Crippen molar-refractivity contribution in [2.24, 2.45) is 0 Å². The van der Waals surface area contributed by atoms with E-state index in [0.717, 1.165) is 22.6 Å².